The van der Waals surface area contributed by atoms with Gasteiger partial charge in [0.1, 0.15) is 5.82 Å². The van der Waals surface area contributed by atoms with Gasteiger partial charge in [-0.25, -0.2) is 4.39 Å². The summed E-state index contributed by atoms with van der Waals surface area (Å²) in [4.78, 5) is 0. The highest BCUT2D eigenvalue weighted by atomic mass is 35.5. The first-order chi connectivity index (χ1) is 6.99. The lowest BCUT2D eigenvalue weighted by atomic mass is 10.1. The van der Waals surface area contributed by atoms with Crippen LogP contribution in [0.15, 0.2) is 18.2 Å². The van der Waals surface area contributed by atoms with Crippen LogP contribution in [0, 0.1) is 5.82 Å². The summed E-state index contributed by atoms with van der Waals surface area (Å²) in [5, 5.41) is 3.59. The van der Waals surface area contributed by atoms with Gasteiger partial charge in [-0.15, -0.1) is 0 Å². The van der Waals surface area contributed by atoms with Crippen molar-refractivity contribution in [1.82, 2.24) is 5.32 Å². The molecular weight excluding hydrogens is 213 g/mol. The fourth-order valence-corrected chi connectivity index (χ4v) is 1.85. The van der Waals surface area contributed by atoms with Crippen molar-refractivity contribution in [2.24, 2.45) is 0 Å². The summed E-state index contributed by atoms with van der Waals surface area (Å²) < 4.78 is 12.9. The molecular formula is C12H17ClFN. The molecule has 0 aliphatic carbocycles. The van der Waals surface area contributed by atoms with Gasteiger partial charge in [0.05, 0.1) is 5.02 Å². The van der Waals surface area contributed by atoms with E-state index in [1.54, 1.807) is 12.1 Å². The molecule has 0 bridgehead atoms. The Bertz CT molecular complexity index is 325. The molecule has 0 saturated carbocycles. The van der Waals surface area contributed by atoms with E-state index < -0.39 is 0 Å². The Kier molecular flexibility index (Phi) is 4.55. The molecule has 3 heteroatoms. The van der Waals surface area contributed by atoms with Crippen LogP contribution >= 0.6 is 11.6 Å². The summed E-state index contributed by atoms with van der Waals surface area (Å²) in [5.41, 5.74) is 1.06. The Morgan fingerprint density at radius 2 is 2.00 bits per heavy atom. The van der Waals surface area contributed by atoms with E-state index in [-0.39, 0.29) is 10.8 Å². The summed E-state index contributed by atoms with van der Waals surface area (Å²) in [5.74, 6) is -0.357. The van der Waals surface area contributed by atoms with Crippen LogP contribution in [0.5, 0.6) is 0 Å². The van der Waals surface area contributed by atoms with Gasteiger partial charge in [0.25, 0.3) is 0 Å². The van der Waals surface area contributed by atoms with E-state index in [9.17, 15) is 4.39 Å². The van der Waals surface area contributed by atoms with E-state index in [1.807, 2.05) is 0 Å². The Hall–Kier alpha value is -0.600. The van der Waals surface area contributed by atoms with Crippen molar-refractivity contribution in [2.45, 2.75) is 39.3 Å². The predicted octanol–water partition coefficient (Wildman–Crippen LogP) is 3.41. The van der Waals surface area contributed by atoms with Gasteiger partial charge in [-0.2, -0.15) is 0 Å². The van der Waals surface area contributed by atoms with Crippen molar-refractivity contribution in [3.05, 3.63) is 34.6 Å². The zero-order valence-electron chi connectivity index (χ0n) is 9.35. The molecule has 0 fully saturated rings. The highest BCUT2D eigenvalue weighted by molar-refractivity contribution is 6.30. The van der Waals surface area contributed by atoms with Crippen LogP contribution in [0.4, 0.5) is 4.39 Å². The number of benzene rings is 1. The monoisotopic (exact) mass is 229 g/mol. The van der Waals surface area contributed by atoms with Gasteiger partial charge in [0, 0.05) is 12.1 Å². The van der Waals surface area contributed by atoms with Crippen molar-refractivity contribution in [3.8, 4) is 0 Å². The van der Waals surface area contributed by atoms with Crippen LogP contribution in [-0.4, -0.2) is 12.1 Å². The number of nitrogens with one attached hydrogen (secondary N) is 1. The van der Waals surface area contributed by atoms with E-state index >= 15 is 0 Å². The molecule has 0 saturated heterocycles. The molecule has 84 valence electrons. The highest BCUT2D eigenvalue weighted by Gasteiger charge is 2.06. The molecule has 1 atom stereocenters. The van der Waals surface area contributed by atoms with E-state index in [0.717, 1.165) is 12.0 Å². The molecule has 0 heterocycles. The summed E-state index contributed by atoms with van der Waals surface area (Å²) in [7, 11) is 0. The molecule has 1 rings (SSSR count). The highest BCUT2D eigenvalue weighted by Crippen LogP contribution is 2.17. The molecule has 0 amide bonds. The van der Waals surface area contributed by atoms with Crippen LogP contribution in [-0.2, 0) is 6.42 Å². The normalized spacial score (nSPS) is 13.2. The van der Waals surface area contributed by atoms with E-state index in [2.05, 4.69) is 26.1 Å². The topological polar surface area (TPSA) is 12.0 Å². The van der Waals surface area contributed by atoms with Gasteiger partial charge >= 0.3 is 0 Å². The van der Waals surface area contributed by atoms with Crippen LogP contribution in [0.25, 0.3) is 0 Å². The molecule has 1 aromatic carbocycles. The largest absolute Gasteiger partial charge is 0.312 e. The minimum Gasteiger partial charge on any atom is -0.312 e. The molecule has 1 aromatic rings. The van der Waals surface area contributed by atoms with Crippen LogP contribution < -0.4 is 5.32 Å². The molecule has 0 spiro atoms. The summed E-state index contributed by atoms with van der Waals surface area (Å²) in [6, 6.07) is 5.71. The first-order valence-electron chi connectivity index (χ1n) is 5.19. The smallest absolute Gasteiger partial charge is 0.141 e. The molecule has 15 heavy (non-hydrogen) atoms. The Labute approximate surface area is 95.6 Å². The van der Waals surface area contributed by atoms with Crippen molar-refractivity contribution in [1.29, 1.82) is 0 Å². The molecule has 1 N–H and O–H groups in total. The minimum absolute atomic E-state index is 0.198. The Morgan fingerprint density at radius 3 is 2.53 bits per heavy atom. The summed E-state index contributed by atoms with van der Waals surface area (Å²) in [6.07, 6.45) is 0.859. The van der Waals surface area contributed by atoms with Crippen LogP contribution in [0.2, 0.25) is 5.02 Å². The third-order valence-electron chi connectivity index (χ3n) is 2.14. The van der Waals surface area contributed by atoms with Crippen molar-refractivity contribution >= 4 is 11.6 Å². The molecule has 1 nitrogen and oxygen atoms in total. The predicted molar refractivity (Wildman–Crippen MR) is 62.8 cm³/mol. The van der Waals surface area contributed by atoms with E-state index in [1.165, 1.54) is 6.07 Å². The number of halogens is 2. The van der Waals surface area contributed by atoms with E-state index in [4.69, 9.17) is 11.6 Å². The average molecular weight is 230 g/mol. The van der Waals surface area contributed by atoms with E-state index in [0.29, 0.717) is 12.1 Å². The second kappa shape index (κ2) is 5.47. The average Bonchev–Trinajstić information content (AvgIpc) is 2.10. The number of rotatable bonds is 4. The third-order valence-corrected chi connectivity index (χ3v) is 2.43. The lowest BCUT2D eigenvalue weighted by molar-refractivity contribution is 0.487. The number of hydrogen-bond acceptors (Lipinski definition) is 1. The second-order valence-electron chi connectivity index (χ2n) is 4.18. The molecule has 1 unspecified atom stereocenters. The zero-order valence-corrected chi connectivity index (χ0v) is 10.1. The lowest BCUT2D eigenvalue weighted by Crippen LogP contribution is -2.33. The maximum atomic E-state index is 12.9. The SMILES string of the molecule is CC(C)NC(C)Cc1ccc(F)c(Cl)c1. The third kappa shape index (κ3) is 4.18. The first kappa shape index (κ1) is 12.5. The fourth-order valence-electron chi connectivity index (χ4n) is 1.65. The fraction of sp³-hybridized carbons (Fsp3) is 0.500. The Morgan fingerprint density at radius 1 is 1.33 bits per heavy atom. The van der Waals surface area contributed by atoms with Gasteiger partial charge in [-0.3, -0.25) is 0 Å². The van der Waals surface area contributed by atoms with Gasteiger partial charge in [0.15, 0.2) is 0 Å². The molecule has 0 aliphatic heterocycles. The number of hydrogen-bond donors (Lipinski definition) is 1. The quantitative estimate of drug-likeness (QED) is 0.835. The lowest BCUT2D eigenvalue weighted by Gasteiger charge is -2.16. The molecule has 0 aromatic heterocycles. The molecule has 0 radical (unpaired) electrons. The summed E-state index contributed by atoms with van der Waals surface area (Å²) >= 11 is 5.71. The van der Waals surface area contributed by atoms with Crippen molar-refractivity contribution < 1.29 is 4.39 Å². The molecule has 0 aliphatic rings. The first-order valence-corrected chi connectivity index (χ1v) is 5.57. The van der Waals surface area contributed by atoms with Gasteiger partial charge in [-0.1, -0.05) is 31.5 Å². The standard InChI is InChI=1S/C12H17ClFN/c1-8(2)15-9(3)6-10-4-5-12(14)11(13)7-10/h4-5,7-9,15H,6H2,1-3H3. The second-order valence-corrected chi connectivity index (χ2v) is 4.58. The minimum atomic E-state index is -0.357. The van der Waals surface area contributed by atoms with Gasteiger partial charge < -0.3 is 5.32 Å². The summed E-state index contributed by atoms with van der Waals surface area (Å²) in [6.45, 7) is 6.32. The van der Waals surface area contributed by atoms with Gasteiger partial charge in [-0.05, 0) is 31.0 Å². The Balaban J connectivity index is 2.60. The zero-order chi connectivity index (χ0) is 11.4. The maximum absolute atomic E-state index is 12.9. The van der Waals surface area contributed by atoms with Crippen molar-refractivity contribution in [2.75, 3.05) is 0 Å². The van der Waals surface area contributed by atoms with Gasteiger partial charge in [0.2, 0.25) is 0 Å². The maximum Gasteiger partial charge on any atom is 0.141 e. The van der Waals surface area contributed by atoms with Crippen LogP contribution in [0.1, 0.15) is 26.3 Å². The van der Waals surface area contributed by atoms with Crippen LogP contribution in [0.3, 0.4) is 0 Å². The van der Waals surface area contributed by atoms with Crippen molar-refractivity contribution in [3.63, 3.8) is 0 Å².